The normalized spacial score (nSPS) is 10.8. The first-order chi connectivity index (χ1) is 9.22. The molecule has 96 valence electrons. The van der Waals surface area contributed by atoms with E-state index in [1.807, 2.05) is 30.3 Å². The van der Waals surface area contributed by atoms with E-state index in [9.17, 15) is 8.78 Å². The molecule has 3 rings (SSSR count). The molecule has 0 aliphatic carbocycles. The number of nitrogens with one attached hydrogen (secondary N) is 1. The molecule has 1 N–H and O–H groups in total. The molecule has 0 bridgehead atoms. The fourth-order valence-electron chi connectivity index (χ4n) is 1.94. The second-order valence-electron chi connectivity index (χ2n) is 4.23. The zero-order valence-corrected chi connectivity index (χ0v) is 9.99. The van der Waals surface area contributed by atoms with Gasteiger partial charge in [-0.05, 0) is 24.3 Å². The molecule has 0 unspecified atom stereocenters. The van der Waals surface area contributed by atoms with Crippen LogP contribution in [0.15, 0.2) is 52.9 Å². The van der Waals surface area contributed by atoms with Gasteiger partial charge in [0.2, 0.25) is 0 Å². The number of hydrogen-bond acceptors (Lipinski definition) is 2. The number of fused-ring (bicyclic) bond motifs is 1. The summed E-state index contributed by atoms with van der Waals surface area (Å²) >= 11 is 0. The Labute approximate surface area is 108 Å². The molecule has 1 heterocycles. The van der Waals surface area contributed by atoms with Gasteiger partial charge in [0.1, 0.15) is 23.0 Å². The van der Waals surface area contributed by atoms with Crippen molar-refractivity contribution in [1.29, 1.82) is 0 Å². The molecule has 1 aromatic heterocycles. The summed E-state index contributed by atoms with van der Waals surface area (Å²) < 4.78 is 31.8. The number of anilines is 1. The van der Waals surface area contributed by atoms with E-state index in [0.29, 0.717) is 12.3 Å². The summed E-state index contributed by atoms with van der Waals surface area (Å²) in [6, 6.07) is 13.0. The van der Waals surface area contributed by atoms with E-state index in [4.69, 9.17) is 4.42 Å². The lowest BCUT2D eigenvalue weighted by Crippen LogP contribution is -2.00. The summed E-state index contributed by atoms with van der Waals surface area (Å²) in [5, 5.41) is 3.88. The highest BCUT2D eigenvalue weighted by Crippen LogP contribution is 2.21. The predicted molar refractivity (Wildman–Crippen MR) is 69.9 cm³/mol. The Balaban J connectivity index is 1.78. The molecule has 3 aromatic rings. The monoisotopic (exact) mass is 259 g/mol. The minimum absolute atomic E-state index is 0.252. The minimum atomic E-state index is -0.615. The van der Waals surface area contributed by atoms with E-state index in [2.05, 4.69) is 5.32 Å². The van der Waals surface area contributed by atoms with Crippen LogP contribution >= 0.6 is 0 Å². The lowest BCUT2D eigenvalue weighted by atomic mass is 10.2. The van der Waals surface area contributed by atoms with E-state index >= 15 is 0 Å². The Morgan fingerprint density at radius 2 is 1.84 bits per heavy atom. The molecule has 0 saturated carbocycles. The Kier molecular flexibility index (Phi) is 2.91. The second-order valence-corrected chi connectivity index (χ2v) is 4.23. The van der Waals surface area contributed by atoms with Gasteiger partial charge < -0.3 is 9.73 Å². The number of furan rings is 1. The van der Waals surface area contributed by atoms with E-state index in [-0.39, 0.29) is 5.69 Å². The SMILES string of the molecule is Fc1ccc(NCc2cc3ccccc3o2)c(F)c1. The highest BCUT2D eigenvalue weighted by molar-refractivity contribution is 5.77. The van der Waals surface area contributed by atoms with E-state index in [1.165, 1.54) is 12.1 Å². The molecule has 2 nitrogen and oxygen atoms in total. The van der Waals surface area contributed by atoms with Crippen molar-refractivity contribution in [2.24, 2.45) is 0 Å². The maximum atomic E-state index is 13.4. The molecular weight excluding hydrogens is 248 g/mol. The Morgan fingerprint density at radius 1 is 1.00 bits per heavy atom. The lowest BCUT2D eigenvalue weighted by Gasteiger charge is -2.05. The first kappa shape index (κ1) is 11.7. The van der Waals surface area contributed by atoms with Gasteiger partial charge in [0.25, 0.3) is 0 Å². The van der Waals surface area contributed by atoms with Crippen LogP contribution in [-0.2, 0) is 6.54 Å². The quantitative estimate of drug-likeness (QED) is 0.757. The second kappa shape index (κ2) is 4.72. The zero-order valence-electron chi connectivity index (χ0n) is 9.99. The molecule has 0 saturated heterocycles. The third-order valence-electron chi connectivity index (χ3n) is 2.86. The highest BCUT2D eigenvalue weighted by Gasteiger charge is 2.06. The molecule has 19 heavy (non-hydrogen) atoms. The van der Waals surface area contributed by atoms with Crippen LogP contribution in [0.4, 0.5) is 14.5 Å². The fourth-order valence-corrected chi connectivity index (χ4v) is 1.94. The minimum Gasteiger partial charge on any atom is -0.459 e. The molecular formula is C15H11F2NO. The number of hydrogen-bond donors (Lipinski definition) is 1. The number of benzene rings is 2. The van der Waals surface area contributed by atoms with Crippen LogP contribution < -0.4 is 5.32 Å². The van der Waals surface area contributed by atoms with Gasteiger partial charge in [-0.25, -0.2) is 8.78 Å². The van der Waals surface area contributed by atoms with Crippen molar-refractivity contribution >= 4 is 16.7 Å². The summed E-state index contributed by atoms with van der Waals surface area (Å²) in [5.41, 5.74) is 1.04. The van der Waals surface area contributed by atoms with Gasteiger partial charge in [-0.2, -0.15) is 0 Å². The summed E-state index contributed by atoms with van der Waals surface area (Å²) in [6.07, 6.45) is 0. The lowest BCUT2D eigenvalue weighted by molar-refractivity contribution is 0.556. The van der Waals surface area contributed by atoms with Crippen LogP contribution in [-0.4, -0.2) is 0 Å². The number of para-hydroxylation sites is 1. The summed E-state index contributed by atoms with van der Waals surface area (Å²) in [6.45, 7) is 0.344. The molecule has 0 spiro atoms. The van der Waals surface area contributed by atoms with E-state index in [0.717, 1.165) is 17.0 Å². The van der Waals surface area contributed by atoms with Gasteiger partial charge in [-0.15, -0.1) is 0 Å². The number of rotatable bonds is 3. The molecule has 0 aliphatic heterocycles. The fraction of sp³-hybridized carbons (Fsp3) is 0.0667. The average molecular weight is 259 g/mol. The van der Waals surface area contributed by atoms with Crippen molar-refractivity contribution in [1.82, 2.24) is 0 Å². The van der Waals surface area contributed by atoms with Crippen molar-refractivity contribution in [3.8, 4) is 0 Å². The van der Waals surface area contributed by atoms with Crippen LogP contribution in [0.5, 0.6) is 0 Å². The van der Waals surface area contributed by atoms with Gasteiger partial charge in [0, 0.05) is 11.5 Å². The Morgan fingerprint density at radius 3 is 2.63 bits per heavy atom. The molecule has 0 fully saturated rings. The highest BCUT2D eigenvalue weighted by atomic mass is 19.1. The first-order valence-electron chi connectivity index (χ1n) is 5.89. The molecule has 0 atom stereocenters. The largest absolute Gasteiger partial charge is 0.459 e. The smallest absolute Gasteiger partial charge is 0.149 e. The van der Waals surface area contributed by atoms with Crippen molar-refractivity contribution in [2.75, 3.05) is 5.32 Å². The maximum absolute atomic E-state index is 13.4. The molecule has 0 amide bonds. The summed E-state index contributed by atoms with van der Waals surface area (Å²) in [4.78, 5) is 0. The standard InChI is InChI=1S/C15H11F2NO/c16-11-5-6-14(13(17)8-11)18-9-12-7-10-3-1-2-4-15(10)19-12/h1-8,18H,9H2. The predicted octanol–water partition coefficient (Wildman–Crippen LogP) is 4.32. The van der Waals surface area contributed by atoms with E-state index < -0.39 is 11.6 Å². The van der Waals surface area contributed by atoms with Crippen LogP contribution in [0.3, 0.4) is 0 Å². The Bertz CT molecular complexity index is 688. The molecule has 2 aromatic carbocycles. The summed E-state index contributed by atoms with van der Waals surface area (Å²) in [7, 11) is 0. The van der Waals surface area contributed by atoms with Crippen LogP contribution in [0.1, 0.15) is 5.76 Å². The third kappa shape index (κ3) is 2.42. The topological polar surface area (TPSA) is 25.2 Å². The van der Waals surface area contributed by atoms with Crippen LogP contribution in [0.2, 0.25) is 0 Å². The van der Waals surface area contributed by atoms with Gasteiger partial charge in [-0.3, -0.25) is 0 Å². The third-order valence-corrected chi connectivity index (χ3v) is 2.86. The molecule has 0 aliphatic rings. The van der Waals surface area contributed by atoms with Gasteiger partial charge in [0.05, 0.1) is 12.2 Å². The van der Waals surface area contributed by atoms with Crippen molar-refractivity contribution in [3.63, 3.8) is 0 Å². The van der Waals surface area contributed by atoms with Crippen molar-refractivity contribution in [3.05, 3.63) is 65.9 Å². The zero-order chi connectivity index (χ0) is 13.2. The maximum Gasteiger partial charge on any atom is 0.149 e. The average Bonchev–Trinajstić information content (AvgIpc) is 2.80. The molecule has 4 heteroatoms. The summed E-state index contributed by atoms with van der Waals surface area (Å²) in [5.74, 6) is -0.507. The van der Waals surface area contributed by atoms with Crippen LogP contribution in [0.25, 0.3) is 11.0 Å². The van der Waals surface area contributed by atoms with Crippen molar-refractivity contribution < 1.29 is 13.2 Å². The first-order valence-corrected chi connectivity index (χ1v) is 5.89. The molecule has 0 radical (unpaired) electrons. The van der Waals surface area contributed by atoms with Crippen molar-refractivity contribution in [2.45, 2.75) is 6.54 Å². The van der Waals surface area contributed by atoms with Crippen LogP contribution in [0, 0.1) is 11.6 Å². The Hall–Kier alpha value is -2.36. The van der Waals surface area contributed by atoms with E-state index in [1.54, 1.807) is 0 Å². The number of halogens is 2. The van der Waals surface area contributed by atoms with Gasteiger partial charge in [0.15, 0.2) is 0 Å². The van der Waals surface area contributed by atoms with Gasteiger partial charge >= 0.3 is 0 Å². The van der Waals surface area contributed by atoms with Gasteiger partial charge in [-0.1, -0.05) is 18.2 Å².